The van der Waals surface area contributed by atoms with Gasteiger partial charge in [-0.05, 0) is 29.8 Å². The van der Waals surface area contributed by atoms with Crippen molar-refractivity contribution in [3.63, 3.8) is 0 Å². The van der Waals surface area contributed by atoms with Gasteiger partial charge in [0.1, 0.15) is 11.1 Å². The Hall–Kier alpha value is -2.67. The van der Waals surface area contributed by atoms with E-state index in [1.54, 1.807) is 12.1 Å². The van der Waals surface area contributed by atoms with Crippen LogP contribution in [0, 0.1) is 5.82 Å². The predicted octanol–water partition coefficient (Wildman–Crippen LogP) is 3.54. The average molecular weight is 369 g/mol. The summed E-state index contributed by atoms with van der Waals surface area (Å²) < 4.78 is 20.3. The standard InChI is InChI=1S/C19H16FN3O2S/c20-15-8-6-14(7-9-15)17-21-22-19(26-16-10-11-25-18(16)24)23(17)12-13-4-2-1-3-5-13/h1-9,16H,10-12H2/t16-/m1/s1. The number of ether oxygens (including phenoxy) is 1. The van der Waals surface area contributed by atoms with Crippen LogP contribution in [0.2, 0.25) is 0 Å². The Labute approximate surface area is 154 Å². The Kier molecular flexibility index (Phi) is 4.71. The number of carbonyl (C=O) groups excluding carboxylic acids is 1. The normalized spacial score (nSPS) is 16.7. The third kappa shape index (κ3) is 3.48. The molecule has 0 aliphatic carbocycles. The summed E-state index contributed by atoms with van der Waals surface area (Å²) >= 11 is 1.36. The molecule has 0 bridgehead atoms. The molecule has 1 aliphatic rings. The fourth-order valence-electron chi connectivity index (χ4n) is 2.81. The monoisotopic (exact) mass is 369 g/mol. The molecular weight excluding hydrogens is 353 g/mol. The topological polar surface area (TPSA) is 57.0 Å². The number of rotatable bonds is 5. The lowest BCUT2D eigenvalue weighted by atomic mass is 10.2. The minimum Gasteiger partial charge on any atom is -0.465 e. The largest absolute Gasteiger partial charge is 0.465 e. The molecule has 0 spiro atoms. The fourth-order valence-corrected chi connectivity index (χ4v) is 3.81. The van der Waals surface area contributed by atoms with Gasteiger partial charge in [0.05, 0.1) is 13.2 Å². The molecule has 7 heteroatoms. The highest BCUT2D eigenvalue weighted by Gasteiger charge is 2.30. The SMILES string of the molecule is O=C1OCC[C@H]1Sc1nnc(-c2ccc(F)cc2)n1Cc1ccccc1. The second kappa shape index (κ2) is 7.29. The molecule has 2 heterocycles. The Morgan fingerprint density at radius 1 is 1.12 bits per heavy atom. The van der Waals surface area contributed by atoms with Crippen molar-refractivity contribution >= 4 is 17.7 Å². The molecule has 0 saturated carbocycles. The van der Waals surface area contributed by atoms with E-state index in [4.69, 9.17) is 4.74 Å². The van der Waals surface area contributed by atoms with E-state index in [0.29, 0.717) is 30.6 Å². The van der Waals surface area contributed by atoms with Crippen molar-refractivity contribution < 1.29 is 13.9 Å². The average Bonchev–Trinajstić information content (AvgIpc) is 3.24. The van der Waals surface area contributed by atoms with Gasteiger partial charge in [0.15, 0.2) is 11.0 Å². The molecule has 2 aromatic carbocycles. The lowest BCUT2D eigenvalue weighted by molar-refractivity contribution is -0.137. The van der Waals surface area contributed by atoms with E-state index in [0.717, 1.165) is 11.1 Å². The van der Waals surface area contributed by atoms with Crippen LogP contribution in [0.4, 0.5) is 4.39 Å². The maximum absolute atomic E-state index is 13.3. The summed E-state index contributed by atoms with van der Waals surface area (Å²) in [5.74, 6) is 0.126. The fraction of sp³-hybridized carbons (Fsp3) is 0.211. The molecule has 5 nitrogen and oxygen atoms in total. The van der Waals surface area contributed by atoms with E-state index in [2.05, 4.69) is 10.2 Å². The third-order valence-corrected chi connectivity index (χ3v) is 5.36. The van der Waals surface area contributed by atoms with Crippen molar-refractivity contribution in [1.82, 2.24) is 14.8 Å². The van der Waals surface area contributed by atoms with Crippen LogP contribution >= 0.6 is 11.8 Å². The number of thioether (sulfide) groups is 1. The van der Waals surface area contributed by atoms with E-state index >= 15 is 0 Å². The Balaban J connectivity index is 1.71. The molecule has 0 unspecified atom stereocenters. The molecule has 1 atom stereocenters. The molecule has 0 radical (unpaired) electrons. The number of hydrogen-bond acceptors (Lipinski definition) is 5. The van der Waals surface area contributed by atoms with Gasteiger partial charge in [-0.15, -0.1) is 10.2 Å². The third-order valence-electron chi connectivity index (χ3n) is 4.14. The van der Waals surface area contributed by atoms with Gasteiger partial charge in [-0.2, -0.15) is 0 Å². The van der Waals surface area contributed by atoms with Gasteiger partial charge in [-0.1, -0.05) is 42.1 Å². The summed E-state index contributed by atoms with van der Waals surface area (Å²) in [5.41, 5.74) is 1.86. The maximum Gasteiger partial charge on any atom is 0.319 e. The minimum atomic E-state index is -0.300. The summed E-state index contributed by atoms with van der Waals surface area (Å²) in [6.07, 6.45) is 0.660. The summed E-state index contributed by atoms with van der Waals surface area (Å²) in [6.45, 7) is 0.999. The van der Waals surface area contributed by atoms with E-state index < -0.39 is 0 Å². The second-order valence-corrected chi connectivity index (χ2v) is 7.12. The Morgan fingerprint density at radius 2 is 1.88 bits per heavy atom. The number of halogens is 1. The van der Waals surface area contributed by atoms with Crippen molar-refractivity contribution in [3.8, 4) is 11.4 Å². The first-order valence-electron chi connectivity index (χ1n) is 8.27. The van der Waals surface area contributed by atoms with Crippen LogP contribution in [-0.4, -0.2) is 32.6 Å². The van der Waals surface area contributed by atoms with Gasteiger partial charge in [-0.3, -0.25) is 9.36 Å². The quantitative estimate of drug-likeness (QED) is 0.644. The summed E-state index contributed by atoms with van der Waals surface area (Å²) in [6, 6.07) is 16.1. The highest BCUT2D eigenvalue weighted by atomic mass is 32.2. The van der Waals surface area contributed by atoms with Gasteiger partial charge in [0.2, 0.25) is 0 Å². The van der Waals surface area contributed by atoms with Crippen molar-refractivity contribution in [2.75, 3.05) is 6.61 Å². The summed E-state index contributed by atoms with van der Waals surface area (Å²) in [4.78, 5) is 11.8. The first kappa shape index (κ1) is 16.8. The van der Waals surface area contributed by atoms with Crippen LogP contribution in [0.5, 0.6) is 0 Å². The van der Waals surface area contributed by atoms with Crippen molar-refractivity contribution in [2.24, 2.45) is 0 Å². The molecule has 4 rings (SSSR count). The molecule has 1 fully saturated rings. The molecule has 1 aliphatic heterocycles. The molecule has 3 aromatic rings. The highest BCUT2D eigenvalue weighted by Crippen LogP contribution is 2.31. The van der Waals surface area contributed by atoms with Gasteiger partial charge < -0.3 is 4.74 Å². The van der Waals surface area contributed by atoms with Gasteiger partial charge in [0, 0.05) is 12.0 Å². The van der Waals surface area contributed by atoms with Gasteiger partial charge in [0.25, 0.3) is 0 Å². The van der Waals surface area contributed by atoms with Gasteiger partial charge >= 0.3 is 5.97 Å². The van der Waals surface area contributed by atoms with Crippen molar-refractivity contribution in [1.29, 1.82) is 0 Å². The molecule has 1 saturated heterocycles. The minimum absolute atomic E-state index is 0.215. The predicted molar refractivity (Wildman–Crippen MR) is 96.2 cm³/mol. The zero-order valence-electron chi connectivity index (χ0n) is 13.8. The van der Waals surface area contributed by atoms with Crippen LogP contribution < -0.4 is 0 Å². The number of carbonyl (C=O) groups is 1. The van der Waals surface area contributed by atoms with Crippen LogP contribution in [0.3, 0.4) is 0 Å². The van der Waals surface area contributed by atoms with Crippen LogP contribution in [-0.2, 0) is 16.1 Å². The smallest absolute Gasteiger partial charge is 0.319 e. The van der Waals surface area contributed by atoms with E-state index in [1.165, 1.54) is 23.9 Å². The Morgan fingerprint density at radius 3 is 2.58 bits per heavy atom. The molecule has 26 heavy (non-hydrogen) atoms. The zero-order chi connectivity index (χ0) is 17.9. The lowest BCUT2D eigenvalue weighted by Gasteiger charge is -2.11. The molecule has 0 amide bonds. The van der Waals surface area contributed by atoms with E-state index in [1.807, 2.05) is 34.9 Å². The summed E-state index contributed by atoms with van der Waals surface area (Å²) in [7, 11) is 0. The maximum atomic E-state index is 13.3. The Bertz CT molecular complexity index is 912. The number of nitrogens with zero attached hydrogens (tertiary/aromatic N) is 3. The first-order valence-corrected chi connectivity index (χ1v) is 9.15. The first-order chi connectivity index (χ1) is 12.7. The number of esters is 1. The summed E-state index contributed by atoms with van der Waals surface area (Å²) in [5, 5.41) is 8.96. The lowest BCUT2D eigenvalue weighted by Crippen LogP contribution is -2.12. The number of aromatic nitrogens is 3. The van der Waals surface area contributed by atoms with Crippen molar-refractivity contribution in [2.45, 2.75) is 23.4 Å². The van der Waals surface area contributed by atoms with Crippen LogP contribution in [0.1, 0.15) is 12.0 Å². The molecule has 1 aromatic heterocycles. The second-order valence-electron chi connectivity index (χ2n) is 5.95. The van der Waals surface area contributed by atoms with Crippen LogP contribution in [0.15, 0.2) is 59.8 Å². The van der Waals surface area contributed by atoms with Crippen molar-refractivity contribution in [3.05, 3.63) is 66.0 Å². The van der Waals surface area contributed by atoms with E-state index in [-0.39, 0.29) is 17.0 Å². The number of hydrogen-bond donors (Lipinski definition) is 0. The molecule has 132 valence electrons. The number of cyclic esters (lactones) is 1. The number of benzene rings is 2. The molecule has 0 N–H and O–H groups in total. The van der Waals surface area contributed by atoms with E-state index in [9.17, 15) is 9.18 Å². The highest BCUT2D eigenvalue weighted by molar-refractivity contribution is 8.00. The molecular formula is C19H16FN3O2S. The van der Waals surface area contributed by atoms with Crippen LogP contribution in [0.25, 0.3) is 11.4 Å². The van der Waals surface area contributed by atoms with Gasteiger partial charge in [-0.25, -0.2) is 4.39 Å². The zero-order valence-corrected chi connectivity index (χ0v) is 14.7.